The van der Waals surface area contributed by atoms with Gasteiger partial charge in [-0.25, -0.2) is 4.98 Å². The van der Waals surface area contributed by atoms with Crippen LogP contribution in [-0.2, 0) is 7.05 Å². The van der Waals surface area contributed by atoms with Gasteiger partial charge < -0.3 is 19.1 Å². The second kappa shape index (κ2) is 3.78. The molecule has 1 aromatic heterocycles. The van der Waals surface area contributed by atoms with Gasteiger partial charge in [-0.2, -0.15) is 0 Å². The van der Waals surface area contributed by atoms with Gasteiger partial charge in [0.2, 0.25) is 6.79 Å². The van der Waals surface area contributed by atoms with E-state index in [9.17, 15) is 5.11 Å². The summed E-state index contributed by atoms with van der Waals surface area (Å²) in [4.78, 5) is 4.13. The third kappa shape index (κ3) is 1.64. The van der Waals surface area contributed by atoms with Gasteiger partial charge in [-0.1, -0.05) is 6.07 Å². The van der Waals surface area contributed by atoms with E-state index in [0.717, 1.165) is 5.56 Å². The highest BCUT2D eigenvalue weighted by Crippen LogP contribution is 2.35. The summed E-state index contributed by atoms with van der Waals surface area (Å²) in [6.45, 7) is 0.233. The first-order valence-electron chi connectivity index (χ1n) is 5.30. The molecule has 5 heteroatoms. The molecule has 0 saturated heterocycles. The summed E-state index contributed by atoms with van der Waals surface area (Å²) in [5.74, 6) is 1.97. The lowest BCUT2D eigenvalue weighted by molar-refractivity contribution is 0.173. The molecule has 1 unspecified atom stereocenters. The van der Waals surface area contributed by atoms with E-state index in [-0.39, 0.29) is 6.79 Å². The zero-order valence-electron chi connectivity index (χ0n) is 9.33. The van der Waals surface area contributed by atoms with E-state index < -0.39 is 6.10 Å². The predicted octanol–water partition coefficient (Wildman–Crippen LogP) is 1.23. The Bertz CT molecular complexity index is 550. The van der Waals surface area contributed by atoms with Gasteiger partial charge in [-0.3, -0.25) is 0 Å². The first-order valence-corrected chi connectivity index (χ1v) is 5.30. The van der Waals surface area contributed by atoms with E-state index in [2.05, 4.69) is 4.98 Å². The molecule has 0 aliphatic carbocycles. The third-order valence-electron chi connectivity index (χ3n) is 2.82. The Kier molecular flexibility index (Phi) is 2.26. The molecule has 0 amide bonds. The highest BCUT2D eigenvalue weighted by atomic mass is 16.7. The number of nitrogens with zero attached hydrogens (tertiary/aromatic N) is 2. The Hall–Kier alpha value is -2.01. The first kappa shape index (κ1) is 10.2. The molecule has 0 saturated carbocycles. The number of aryl methyl sites for hydroxylation is 1. The summed E-state index contributed by atoms with van der Waals surface area (Å²) in [5, 5.41) is 10.2. The number of benzene rings is 1. The minimum absolute atomic E-state index is 0.233. The van der Waals surface area contributed by atoms with E-state index in [0.29, 0.717) is 17.3 Å². The van der Waals surface area contributed by atoms with Gasteiger partial charge in [0.15, 0.2) is 11.5 Å². The molecule has 88 valence electrons. The van der Waals surface area contributed by atoms with Crippen LogP contribution in [0.3, 0.4) is 0 Å². The van der Waals surface area contributed by atoms with Gasteiger partial charge >= 0.3 is 0 Å². The van der Waals surface area contributed by atoms with Crippen LogP contribution in [0, 0.1) is 0 Å². The highest BCUT2D eigenvalue weighted by molar-refractivity contribution is 5.45. The fraction of sp³-hybridized carbons (Fsp3) is 0.250. The number of hydrogen-bond acceptors (Lipinski definition) is 4. The number of fused-ring (bicyclic) bond motifs is 1. The average Bonchev–Trinajstić information content (AvgIpc) is 2.95. The molecule has 1 aliphatic heterocycles. The Morgan fingerprint density at radius 2 is 2.18 bits per heavy atom. The quantitative estimate of drug-likeness (QED) is 0.846. The fourth-order valence-corrected chi connectivity index (χ4v) is 1.87. The maximum atomic E-state index is 10.2. The molecule has 1 atom stereocenters. The minimum Gasteiger partial charge on any atom is -0.454 e. The topological polar surface area (TPSA) is 56.5 Å². The molecule has 2 aromatic rings. The van der Waals surface area contributed by atoms with Crippen LogP contribution in [0.4, 0.5) is 0 Å². The van der Waals surface area contributed by atoms with Crippen molar-refractivity contribution >= 4 is 0 Å². The molecule has 1 aliphatic rings. The number of imidazole rings is 1. The molecule has 2 heterocycles. The average molecular weight is 232 g/mol. The monoisotopic (exact) mass is 232 g/mol. The van der Waals surface area contributed by atoms with E-state index >= 15 is 0 Å². The summed E-state index contributed by atoms with van der Waals surface area (Å²) < 4.78 is 12.3. The molecule has 17 heavy (non-hydrogen) atoms. The standard InChI is InChI=1S/C12H12N2O3/c1-14-5-4-13-12(14)11(15)8-2-3-9-10(6-8)17-7-16-9/h2-6,11,15H,7H2,1H3. The van der Waals surface area contributed by atoms with Crippen molar-refractivity contribution in [1.29, 1.82) is 0 Å². The zero-order valence-corrected chi connectivity index (χ0v) is 9.33. The van der Waals surface area contributed by atoms with Crippen molar-refractivity contribution < 1.29 is 14.6 Å². The molecule has 0 bridgehead atoms. The number of hydrogen-bond donors (Lipinski definition) is 1. The van der Waals surface area contributed by atoms with Crippen molar-refractivity contribution in [2.75, 3.05) is 6.79 Å². The summed E-state index contributed by atoms with van der Waals surface area (Å²) in [5.41, 5.74) is 0.739. The van der Waals surface area contributed by atoms with Gasteiger partial charge in [0.25, 0.3) is 0 Å². The number of ether oxygens (including phenoxy) is 2. The second-order valence-corrected chi connectivity index (χ2v) is 3.91. The van der Waals surface area contributed by atoms with Crippen molar-refractivity contribution in [3.05, 3.63) is 42.0 Å². The molecule has 1 N–H and O–H groups in total. The second-order valence-electron chi connectivity index (χ2n) is 3.91. The summed E-state index contributed by atoms with van der Waals surface area (Å²) >= 11 is 0. The van der Waals surface area contributed by atoms with Gasteiger partial charge in [-0.05, 0) is 17.7 Å². The predicted molar refractivity (Wildman–Crippen MR) is 59.8 cm³/mol. The molecule has 5 nitrogen and oxygen atoms in total. The van der Waals surface area contributed by atoms with Crippen molar-refractivity contribution in [3.8, 4) is 11.5 Å². The Balaban J connectivity index is 1.97. The Morgan fingerprint density at radius 3 is 2.94 bits per heavy atom. The Morgan fingerprint density at radius 1 is 1.35 bits per heavy atom. The number of rotatable bonds is 2. The lowest BCUT2D eigenvalue weighted by atomic mass is 10.1. The van der Waals surface area contributed by atoms with E-state index in [4.69, 9.17) is 9.47 Å². The number of aliphatic hydroxyl groups is 1. The molecular formula is C12H12N2O3. The van der Waals surface area contributed by atoms with Crippen molar-refractivity contribution in [1.82, 2.24) is 9.55 Å². The highest BCUT2D eigenvalue weighted by Gasteiger charge is 2.19. The van der Waals surface area contributed by atoms with Crippen LogP contribution in [-0.4, -0.2) is 21.5 Å². The van der Waals surface area contributed by atoms with E-state index in [1.807, 2.05) is 13.1 Å². The van der Waals surface area contributed by atoms with Crippen LogP contribution in [0.15, 0.2) is 30.6 Å². The zero-order chi connectivity index (χ0) is 11.8. The third-order valence-corrected chi connectivity index (χ3v) is 2.82. The first-order chi connectivity index (χ1) is 8.25. The summed E-state index contributed by atoms with van der Waals surface area (Å²) in [7, 11) is 1.85. The largest absolute Gasteiger partial charge is 0.454 e. The van der Waals surface area contributed by atoms with E-state index in [1.54, 1.807) is 29.1 Å². The lowest BCUT2D eigenvalue weighted by Gasteiger charge is -2.11. The summed E-state index contributed by atoms with van der Waals surface area (Å²) in [6, 6.07) is 5.39. The number of aromatic nitrogens is 2. The maximum absolute atomic E-state index is 10.2. The van der Waals surface area contributed by atoms with Crippen molar-refractivity contribution in [2.24, 2.45) is 7.05 Å². The molecule has 0 spiro atoms. The van der Waals surface area contributed by atoms with Crippen LogP contribution < -0.4 is 9.47 Å². The van der Waals surface area contributed by atoms with E-state index in [1.165, 1.54) is 0 Å². The van der Waals surface area contributed by atoms with Crippen molar-refractivity contribution in [3.63, 3.8) is 0 Å². The number of aliphatic hydroxyl groups excluding tert-OH is 1. The molecule has 3 rings (SSSR count). The van der Waals surface area contributed by atoms with Gasteiger partial charge in [0.1, 0.15) is 11.9 Å². The van der Waals surface area contributed by atoms with Gasteiger partial charge in [0.05, 0.1) is 0 Å². The summed E-state index contributed by atoms with van der Waals surface area (Å²) in [6.07, 6.45) is 2.70. The van der Waals surface area contributed by atoms with Crippen LogP contribution in [0.1, 0.15) is 17.5 Å². The normalized spacial score (nSPS) is 14.9. The molecule has 1 aromatic carbocycles. The van der Waals surface area contributed by atoms with Gasteiger partial charge in [0, 0.05) is 19.4 Å². The molecule has 0 radical (unpaired) electrons. The smallest absolute Gasteiger partial charge is 0.231 e. The molecular weight excluding hydrogens is 220 g/mol. The molecule has 0 fully saturated rings. The lowest BCUT2D eigenvalue weighted by Crippen LogP contribution is -2.06. The van der Waals surface area contributed by atoms with Crippen LogP contribution >= 0.6 is 0 Å². The van der Waals surface area contributed by atoms with Crippen molar-refractivity contribution in [2.45, 2.75) is 6.10 Å². The van der Waals surface area contributed by atoms with Crippen LogP contribution in [0.5, 0.6) is 11.5 Å². The minimum atomic E-state index is -0.760. The Labute approximate surface area is 98.2 Å². The van der Waals surface area contributed by atoms with Crippen LogP contribution in [0.25, 0.3) is 0 Å². The van der Waals surface area contributed by atoms with Gasteiger partial charge in [-0.15, -0.1) is 0 Å². The SMILES string of the molecule is Cn1ccnc1C(O)c1ccc2c(c1)OCO2. The fourth-order valence-electron chi connectivity index (χ4n) is 1.87. The maximum Gasteiger partial charge on any atom is 0.231 e. The van der Waals surface area contributed by atoms with Crippen LogP contribution in [0.2, 0.25) is 0 Å².